The first-order valence-electron chi connectivity index (χ1n) is 10.8. The van der Waals surface area contributed by atoms with Crippen LogP contribution in [0.25, 0.3) is 0 Å². The number of ether oxygens (including phenoxy) is 2. The van der Waals surface area contributed by atoms with Crippen LogP contribution in [0.4, 0.5) is 0 Å². The van der Waals surface area contributed by atoms with E-state index in [1.54, 1.807) is 16.8 Å². The molecule has 3 aliphatic heterocycles. The Morgan fingerprint density at radius 2 is 1.94 bits per heavy atom. The van der Waals surface area contributed by atoms with E-state index in [1.165, 1.54) is 0 Å². The van der Waals surface area contributed by atoms with Gasteiger partial charge in [-0.3, -0.25) is 14.5 Å². The van der Waals surface area contributed by atoms with Crippen LogP contribution in [-0.4, -0.2) is 77.2 Å². The molecule has 31 heavy (non-hydrogen) atoms. The van der Waals surface area contributed by atoms with Gasteiger partial charge in [0, 0.05) is 51.0 Å². The molecule has 9 heteroatoms. The highest BCUT2D eigenvalue weighted by Gasteiger charge is 2.27. The minimum Gasteiger partial charge on any atom is -0.486 e. The van der Waals surface area contributed by atoms with Crippen LogP contribution in [0.15, 0.2) is 29.1 Å². The Hall–Kier alpha value is -2.52. The van der Waals surface area contributed by atoms with Crippen molar-refractivity contribution in [2.45, 2.75) is 18.7 Å². The molecule has 0 spiro atoms. The summed E-state index contributed by atoms with van der Waals surface area (Å²) in [6.07, 6.45) is 0.930. The fourth-order valence-electron chi connectivity index (χ4n) is 4.24. The van der Waals surface area contributed by atoms with Gasteiger partial charge in [0.25, 0.3) is 11.5 Å². The topological polar surface area (TPSA) is 76.9 Å². The number of hydrogen-bond acceptors (Lipinski definition) is 7. The summed E-state index contributed by atoms with van der Waals surface area (Å²) in [5, 5.41) is 4.59. The molecule has 1 aromatic heterocycles. The largest absolute Gasteiger partial charge is 0.486 e. The van der Waals surface area contributed by atoms with Gasteiger partial charge in [0.2, 0.25) is 0 Å². The standard InChI is InChI=1S/C22H26N4O4S/c27-20-14-16-15-31-13-4-18(16)23-26(20)10-7-24-5-8-25(9-6-24)22(28)17-2-1-3-19-21(17)30-12-11-29-19/h1-3,14H,4-13,15H2. The summed E-state index contributed by atoms with van der Waals surface area (Å²) in [6, 6.07) is 7.21. The van der Waals surface area contributed by atoms with Crippen molar-refractivity contribution in [1.82, 2.24) is 19.6 Å². The maximum absolute atomic E-state index is 13.1. The lowest BCUT2D eigenvalue weighted by Crippen LogP contribution is -2.49. The van der Waals surface area contributed by atoms with Gasteiger partial charge in [0.15, 0.2) is 11.5 Å². The van der Waals surface area contributed by atoms with Crippen molar-refractivity contribution in [2.24, 2.45) is 0 Å². The van der Waals surface area contributed by atoms with Crippen molar-refractivity contribution in [1.29, 1.82) is 0 Å². The summed E-state index contributed by atoms with van der Waals surface area (Å²) in [7, 11) is 0. The molecular formula is C22H26N4O4S. The number of carbonyl (C=O) groups is 1. The van der Waals surface area contributed by atoms with Crippen LogP contribution in [-0.2, 0) is 18.7 Å². The van der Waals surface area contributed by atoms with E-state index in [2.05, 4.69) is 10.00 Å². The first kappa shape index (κ1) is 20.4. The lowest BCUT2D eigenvalue weighted by Gasteiger charge is -2.35. The van der Waals surface area contributed by atoms with E-state index >= 15 is 0 Å². The van der Waals surface area contributed by atoms with Crippen molar-refractivity contribution < 1.29 is 14.3 Å². The molecule has 0 radical (unpaired) electrons. The van der Waals surface area contributed by atoms with Gasteiger partial charge in [-0.1, -0.05) is 6.07 Å². The zero-order valence-electron chi connectivity index (χ0n) is 17.4. The first-order valence-corrected chi connectivity index (χ1v) is 11.9. The Morgan fingerprint density at radius 3 is 2.81 bits per heavy atom. The SMILES string of the molecule is O=C(c1cccc2c1OCCO2)N1CCN(CCn2nc3c(cc2=O)CSCC3)CC1. The average molecular weight is 443 g/mol. The van der Waals surface area contributed by atoms with Gasteiger partial charge in [-0.05, 0) is 23.4 Å². The van der Waals surface area contributed by atoms with E-state index < -0.39 is 0 Å². The smallest absolute Gasteiger partial charge is 0.267 e. The van der Waals surface area contributed by atoms with E-state index in [0.29, 0.717) is 49.9 Å². The number of nitrogens with zero attached hydrogens (tertiary/aromatic N) is 4. The fraction of sp³-hybridized carbons (Fsp3) is 0.500. The number of amides is 1. The second-order valence-corrected chi connectivity index (χ2v) is 9.05. The highest BCUT2D eigenvalue weighted by atomic mass is 32.2. The quantitative estimate of drug-likeness (QED) is 0.706. The molecule has 4 heterocycles. The third kappa shape index (κ3) is 4.29. The molecule has 5 rings (SSSR count). The molecule has 1 fully saturated rings. The van der Waals surface area contributed by atoms with Gasteiger partial charge in [0.1, 0.15) is 13.2 Å². The van der Waals surface area contributed by atoms with Crippen molar-refractivity contribution in [3.63, 3.8) is 0 Å². The molecule has 164 valence electrons. The third-order valence-corrected chi connectivity index (χ3v) is 7.00. The number of thioether (sulfide) groups is 1. The predicted octanol–water partition coefficient (Wildman–Crippen LogP) is 1.26. The number of piperazine rings is 1. The molecule has 0 N–H and O–H groups in total. The number of aromatic nitrogens is 2. The zero-order valence-corrected chi connectivity index (χ0v) is 18.2. The number of benzene rings is 1. The van der Waals surface area contributed by atoms with Crippen LogP contribution in [0.5, 0.6) is 11.5 Å². The monoisotopic (exact) mass is 442 g/mol. The van der Waals surface area contributed by atoms with Crippen LogP contribution in [0.1, 0.15) is 21.6 Å². The molecule has 0 saturated carbocycles. The minimum absolute atomic E-state index is 0.0209. The second-order valence-electron chi connectivity index (χ2n) is 7.94. The fourth-order valence-corrected chi connectivity index (χ4v) is 5.19. The molecule has 3 aliphatic rings. The lowest BCUT2D eigenvalue weighted by atomic mass is 10.1. The van der Waals surface area contributed by atoms with Crippen LogP contribution in [0.2, 0.25) is 0 Å². The number of rotatable bonds is 4. The van der Waals surface area contributed by atoms with Gasteiger partial charge < -0.3 is 14.4 Å². The van der Waals surface area contributed by atoms with Crippen molar-refractivity contribution in [3.05, 3.63) is 51.4 Å². The van der Waals surface area contributed by atoms with Crippen molar-refractivity contribution in [3.8, 4) is 11.5 Å². The van der Waals surface area contributed by atoms with Crippen LogP contribution < -0.4 is 15.0 Å². The van der Waals surface area contributed by atoms with Gasteiger partial charge in [-0.15, -0.1) is 0 Å². The van der Waals surface area contributed by atoms with E-state index in [9.17, 15) is 9.59 Å². The minimum atomic E-state index is -0.0221. The van der Waals surface area contributed by atoms with Crippen LogP contribution >= 0.6 is 11.8 Å². The average Bonchev–Trinajstić information content (AvgIpc) is 2.82. The summed E-state index contributed by atoms with van der Waals surface area (Å²) >= 11 is 1.85. The summed E-state index contributed by atoms with van der Waals surface area (Å²) in [5.41, 5.74) is 2.69. The molecule has 8 nitrogen and oxygen atoms in total. The highest BCUT2D eigenvalue weighted by Crippen LogP contribution is 2.34. The number of para-hydroxylation sites is 1. The van der Waals surface area contributed by atoms with Gasteiger partial charge in [0.05, 0.1) is 17.8 Å². The predicted molar refractivity (Wildman–Crippen MR) is 118 cm³/mol. The van der Waals surface area contributed by atoms with Crippen LogP contribution in [0.3, 0.4) is 0 Å². The molecule has 1 amide bonds. The molecule has 0 unspecified atom stereocenters. The van der Waals surface area contributed by atoms with Gasteiger partial charge >= 0.3 is 0 Å². The second kappa shape index (κ2) is 8.92. The Bertz CT molecular complexity index is 1030. The maximum atomic E-state index is 13.1. The van der Waals surface area contributed by atoms with E-state index in [0.717, 1.165) is 48.8 Å². The molecule has 0 bridgehead atoms. The number of hydrogen-bond donors (Lipinski definition) is 0. The van der Waals surface area contributed by atoms with E-state index in [1.807, 2.05) is 28.8 Å². The summed E-state index contributed by atoms with van der Waals surface area (Å²) < 4.78 is 12.9. The third-order valence-electron chi connectivity index (χ3n) is 5.99. The van der Waals surface area contributed by atoms with E-state index in [4.69, 9.17) is 9.47 Å². The Labute approximate surface area is 185 Å². The highest BCUT2D eigenvalue weighted by molar-refractivity contribution is 7.98. The molecule has 1 saturated heterocycles. The van der Waals surface area contributed by atoms with Crippen molar-refractivity contribution >= 4 is 17.7 Å². The Kier molecular flexibility index (Phi) is 5.87. The molecule has 2 aromatic rings. The normalized spacial score (nSPS) is 18.5. The Morgan fingerprint density at radius 1 is 1.10 bits per heavy atom. The first-order chi connectivity index (χ1) is 15.2. The molecule has 0 atom stereocenters. The zero-order chi connectivity index (χ0) is 21.2. The van der Waals surface area contributed by atoms with Gasteiger partial charge in [-0.25, -0.2) is 4.68 Å². The number of aryl methyl sites for hydroxylation is 1. The molecule has 0 aliphatic carbocycles. The van der Waals surface area contributed by atoms with E-state index in [-0.39, 0.29) is 11.5 Å². The number of fused-ring (bicyclic) bond motifs is 2. The van der Waals surface area contributed by atoms with Gasteiger partial charge in [-0.2, -0.15) is 16.9 Å². The number of carbonyl (C=O) groups excluding carboxylic acids is 1. The summed E-state index contributed by atoms with van der Waals surface area (Å²) in [6.45, 7) is 5.12. The molecule has 1 aromatic carbocycles. The van der Waals surface area contributed by atoms with Crippen LogP contribution in [0, 0.1) is 0 Å². The Balaban J connectivity index is 1.18. The molecular weight excluding hydrogens is 416 g/mol. The lowest BCUT2D eigenvalue weighted by molar-refractivity contribution is 0.0622. The maximum Gasteiger partial charge on any atom is 0.267 e. The summed E-state index contributed by atoms with van der Waals surface area (Å²) in [5.74, 6) is 3.12. The summed E-state index contributed by atoms with van der Waals surface area (Å²) in [4.78, 5) is 29.6. The van der Waals surface area contributed by atoms with Crippen molar-refractivity contribution in [2.75, 3.05) is 51.7 Å².